The van der Waals surface area contributed by atoms with Crippen LogP contribution >= 0.6 is 0 Å². The van der Waals surface area contributed by atoms with Crippen LogP contribution in [0.25, 0.3) is 10.8 Å². The van der Waals surface area contributed by atoms with Gasteiger partial charge >= 0.3 is 6.09 Å². The van der Waals surface area contributed by atoms with Crippen LogP contribution in [-0.4, -0.2) is 30.6 Å². The Hall–Kier alpha value is -2.89. The van der Waals surface area contributed by atoms with Gasteiger partial charge in [-0.2, -0.15) is 0 Å². The maximum absolute atomic E-state index is 12.6. The summed E-state index contributed by atoms with van der Waals surface area (Å²) in [5, 5.41) is 3.86. The first kappa shape index (κ1) is 11.9. The van der Waals surface area contributed by atoms with E-state index in [0.717, 1.165) is 10.8 Å². The minimum absolute atomic E-state index is 0.138. The number of benzene rings is 2. The summed E-state index contributed by atoms with van der Waals surface area (Å²) < 4.78 is 4.85. The van der Waals surface area contributed by atoms with E-state index in [-0.39, 0.29) is 12.5 Å². The molecule has 1 unspecified atom stereocenters. The van der Waals surface area contributed by atoms with Crippen molar-refractivity contribution < 1.29 is 19.1 Å². The van der Waals surface area contributed by atoms with Crippen LogP contribution in [-0.2, 0) is 9.53 Å². The lowest BCUT2D eigenvalue weighted by Gasteiger charge is -2.29. The molecule has 0 aromatic heterocycles. The fourth-order valence-electron chi connectivity index (χ4n) is 2.89. The Bertz CT molecular complexity index is 809. The number of nitrogens with zero attached hydrogens (tertiary/aromatic N) is 1. The van der Waals surface area contributed by atoms with Crippen LogP contribution in [0.4, 0.5) is 10.5 Å². The maximum Gasteiger partial charge on any atom is 0.413 e. The zero-order valence-electron chi connectivity index (χ0n) is 10.8. The number of amides is 3. The van der Waals surface area contributed by atoms with Gasteiger partial charge in [-0.3, -0.25) is 19.8 Å². The van der Waals surface area contributed by atoms with Crippen molar-refractivity contribution in [3.05, 3.63) is 42.0 Å². The number of anilines is 1. The molecular weight excluding hydrogens is 272 g/mol. The van der Waals surface area contributed by atoms with E-state index in [2.05, 4.69) is 5.32 Å². The van der Waals surface area contributed by atoms with Gasteiger partial charge in [0.25, 0.3) is 11.8 Å². The van der Waals surface area contributed by atoms with E-state index < -0.39 is 18.0 Å². The topological polar surface area (TPSA) is 75.7 Å². The number of rotatable bonds is 1. The zero-order chi connectivity index (χ0) is 14.6. The van der Waals surface area contributed by atoms with E-state index in [1.165, 1.54) is 4.90 Å². The van der Waals surface area contributed by atoms with Crippen LogP contribution < -0.4 is 10.2 Å². The number of cyclic esters (lactones) is 1. The van der Waals surface area contributed by atoms with Gasteiger partial charge in [-0.1, -0.05) is 24.3 Å². The van der Waals surface area contributed by atoms with E-state index in [1.54, 1.807) is 12.1 Å². The average Bonchev–Trinajstić information content (AvgIpc) is 2.75. The van der Waals surface area contributed by atoms with Gasteiger partial charge in [-0.15, -0.1) is 0 Å². The van der Waals surface area contributed by atoms with Gasteiger partial charge in [0, 0.05) is 10.9 Å². The Labute approximate surface area is 119 Å². The van der Waals surface area contributed by atoms with Crippen LogP contribution in [0.3, 0.4) is 0 Å². The average molecular weight is 282 g/mol. The van der Waals surface area contributed by atoms with Crippen molar-refractivity contribution in [2.24, 2.45) is 0 Å². The predicted molar refractivity (Wildman–Crippen MR) is 74.0 cm³/mol. The molecule has 3 amide bonds. The predicted octanol–water partition coefficient (Wildman–Crippen LogP) is 1.43. The third kappa shape index (κ3) is 1.56. The van der Waals surface area contributed by atoms with E-state index in [9.17, 15) is 14.4 Å². The third-order valence-corrected chi connectivity index (χ3v) is 3.80. The summed E-state index contributed by atoms with van der Waals surface area (Å²) in [6.07, 6.45) is -0.779. The summed E-state index contributed by atoms with van der Waals surface area (Å²) in [7, 11) is 0. The highest BCUT2D eigenvalue weighted by molar-refractivity contribution is 6.27. The van der Waals surface area contributed by atoms with Crippen molar-refractivity contribution in [1.29, 1.82) is 0 Å². The number of nitrogens with one attached hydrogen (secondary N) is 1. The quantitative estimate of drug-likeness (QED) is 0.858. The molecule has 0 saturated carbocycles. The number of hydrogen-bond donors (Lipinski definition) is 1. The van der Waals surface area contributed by atoms with Crippen molar-refractivity contribution in [2.45, 2.75) is 6.04 Å². The minimum Gasteiger partial charge on any atom is -0.446 e. The van der Waals surface area contributed by atoms with Crippen molar-refractivity contribution in [1.82, 2.24) is 5.32 Å². The number of alkyl carbamates (subject to hydrolysis) is 1. The van der Waals surface area contributed by atoms with Gasteiger partial charge in [-0.05, 0) is 17.5 Å². The molecule has 2 aromatic rings. The largest absolute Gasteiger partial charge is 0.446 e. The second-order valence-corrected chi connectivity index (χ2v) is 4.96. The second kappa shape index (κ2) is 4.05. The Balaban J connectivity index is 1.86. The number of carbonyl (C=O) groups excluding carboxylic acids is 3. The van der Waals surface area contributed by atoms with Crippen molar-refractivity contribution in [3.63, 3.8) is 0 Å². The molecule has 0 aliphatic carbocycles. The van der Waals surface area contributed by atoms with Gasteiger partial charge in [-0.25, -0.2) is 4.79 Å². The molecule has 0 bridgehead atoms. The summed E-state index contributed by atoms with van der Waals surface area (Å²) in [4.78, 5) is 37.1. The summed E-state index contributed by atoms with van der Waals surface area (Å²) in [6.45, 7) is -0.138. The molecule has 104 valence electrons. The Morgan fingerprint density at radius 3 is 2.62 bits per heavy atom. The Kier molecular flexibility index (Phi) is 2.29. The smallest absolute Gasteiger partial charge is 0.413 e. The Morgan fingerprint density at radius 2 is 1.86 bits per heavy atom. The first-order chi connectivity index (χ1) is 10.2. The fraction of sp³-hybridized carbons (Fsp3) is 0.133. The molecule has 2 aliphatic heterocycles. The highest BCUT2D eigenvalue weighted by atomic mass is 16.6. The lowest BCUT2D eigenvalue weighted by atomic mass is 10.1. The zero-order valence-corrected chi connectivity index (χ0v) is 10.8. The highest BCUT2D eigenvalue weighted by Crippen LogP contribution is 2.38. The van der Waals surface area contributed by atoms with Crippen LogP contribution in [0.2, 0.25) is 0 Å². The summed E-state index contributed by atoms with van der Waals surface area (Å²) in [6, 6.07) is 10.2. The first-order valence-corrected chi connectivity index (χ1v) is 6.50. The fourth-order valence-corrected chi connectivity index (χ4v) is 2.89. The summed E-state index contributed by atoms with van der Waals surface area (Å²) in [5.74, 6) is -0.774. The van der Waals surface area contributed by atoms with Crippen LogP contribution in [0.1, 0.15) is 10.4 Å². The van der Waals surface area contributed by atoms with Crippen LogP contribution in [0, 0.1) is 0 Å². The molecule has 4 rings (SSSR count). The van der Waals surface area contributed by atoms with Crippen LogP contribution in [0.5, 0.6) is 0 Å². The molecule has 0 spiro atoms. The molecule has 6 nitrogen and oxygen atoms in total. The molecule has 1 saturated heterocycles. The van der Waals surface area contributed by atoms with Gasteiger partial charge in [0.15, 0.2) is 6.04 Å². The molecule has 1 fully saturated rings. The van der Waals surface area contributed by atoms with Gasteiger partial charge in [0.1, 0.15) is 6.61 Å². The van der Waals surface area contributed by atoms with Crippen molar-refractivity contribution in [3.8, 4) is 0 Å². The summed E-state index contributed by atoms with van der Waals surface area (Å²) in [5.41, 5.74) is 1.24. The van der Waals surface area contributed by atoms with E-state index in [1.807, 2.05) is 24.3 Å². The van der Waals surface area contributed by atoms with Crippen molar-refractivity contribution in [2.75, 3.05) is 11.5 Å². The van der Waals surface area contributed by atoms with Crippen molar-refractivity contribution >= 4 is 34.4 Å². The van der Waals surface area contributed by atoms with E-state index >= 15 is 0 Å². The van der Waals surface area contributed by atoms with Crippen LogP contribution in [0.15, 0.2) is 36.4 Å². The lowest BCUT2D eigenvalue weighted by Crippen LogP contribution is -2.56. The molecule has 2 heterocycles. The first-order valence-electron chi connectivity index (χ1n) is 6.50. The SMILES string of the molecule is O=C1NC(=O)C(N2C(=O)c3cccc4cccc2c34)CO1. The Morgan fingerprint density at radius 1 is 1.10 bits per heavy atom. The third-order valence-electron chi connectivity index (χ3n) is 3.80. The normalized spacial score (nSPS) is 20.7. The van der Waals surface area contributed by atoms with E-state index in [4.69, 9.17) is 4.74 Å². The minimum atomic E-state index is -0.840. The van der Waals surface area contributed by atoms with Gasteiger partial charge in [0.05, 0.1) is 5.69 Å². The molecule has 2 aromatic carbocycles. The number of hydrogen-bond acceptors (Lipinski definition) is 4. The number of ether oxygens (including phenoxy) is 1. The summed E-state index contributed by atoms with van der Waals surface area (Å²) >= 11 is 0. The van der Waals surface area contributed by atoms with E-state index in [0.29, 0.717) is 11.3 Å². The van der Waals surface area contributed by atoms with Gasteiger partial charge < -0.3 is 4.74 Å². The molecule has 6 heteroatoms. The monoisotopic (exact) mass is 282 g/mol. The molecule has 1 N–H and O–H groups in total. The maximum atomic E-state index is 12.6. The van der Waals surface area contributed by atoms with Gasteiger partial charge in [0.2, 0.25) is 0 Å². The molecular formula is C15H10N2O4. The molecule has 2 aliphatic rings. The molecule has 21 heavy (non-hydrogen) atoms. The highest BCUT2D eigenvalue weighted by Gasteiger charge is 2.41. The molecule has 0 radical (unpaired) electrons. The number of carbonyl (C=O) groups is 3. The standard InChI is InChI=1S/C15H10N2O4/c18-13-11(7-21-15(20)16-13)17-10-6-2-4-8-3-1-5-9(12(8)10)14(17)19/h1-6,11H,7H2,(H,16,18,20). The second-order valence-electron chi connectivity index (χ2n) is 4.96. The lowest BCUT2D eigenvalue weighted by molar-refractivity contribution is -0.124. The molecule has 1 atom stereocenters. The number of imide groups is 1.